The van der Waals surface area contributed by atoms with Crippen molar-refractivity contribution >= 4 is 5.97 Å². The van der Waals surface area contributed by atoms with E-state index in [4.69, 9.17) is 5.11 Å². The zero-order chi connectivity index (χ0) is 10.8. The summed E-state index contributed by atoms with van der Waals surface area (Å²) >= 11 is 0. The van der Waals surface area contributed by atoms with Gasteiger partial charge < -0.3 is 15.2 Å². The number of aromatic nitrogens is 1. The lowest BCUT2D eigenvalue weighted by Crippen LogP contribution is -1.97. The molecule has 1 aromatic carbocycles. The van der Waals surface area contributed by atoms with Gasteiger partial charge in [0, 0.05) is 17.5 Å². The van der Waals surface area contributed by atoms with Crippen LogP contribution in [0.25, 0.3) is 11.3 Å². The number of benzene rings is 1. The topological polar surface area (TPSA) is 73.3 Å². The molecule has 76 valence electrons. The first-order chi connectivity index (χ1) is 7.20. The van der Waals surface area contributed by atoms with Crippen LogP contribution in [0.15, 0.2) is 36.5 Å². The molecule has 3 N–H and O–H groups in total. The number of rotatable bonds is 2. The normalized spacial score (nSPS) is 10.1. The van der Waals surface area contributed by atoms with Crippen molar-refractivity contribution in [3.05, 3.63) is 42.1 Å². The minimum Gasteiger partial charge on any atom is -0.506 e. The van der Waals surface area contributed by atoms with Crippen molar-refractivity contribution in [2.45, 2.75) is 0 Å². The molecular formula is C11H9NO3. The third-order valence-electron chi connectivity index (χ3n) is 2.15. The van der Waals surface area contributed by atoms with Gasteiger partial charge in [-0.25, -0.2) is 4.79 Å². The zero-order valence-electron chi connectivity index (χ0n) is 7.77. The van der Waals surface area contributed by atoms with Crippen molar-refractivity contribution in [1.82, 2.24) is 4.98 Å². The molecular weight excluding hydrogens is 194 g/mol. The van der Waals surface area contributed by atoms with Gasteiger partial charge >= 0.3 is 5.97 Å². The molecule has 0 aliphatic carbocycles. The Morgan fingerprint density at radius 3 is 2.60 bits per heavy atom. The van der Waals surface area contributed by atoms with E-state index in [1.807, 2.05) is 0 Å². The van der Waals surface area contributed by atoms with E-state index in [0.717, 1.165) is 0 Å². The van der Waals surface area contributed by atoms with Crippen molar-refractivity contribution in [3.8, 4) is 17.0 Å². The van der Waals surface area contributed by atoms with E-state index in [2.05, 4.69) is 4.98 Å². The van der Waals surface area contributed by atoms with Crippen molar-refractivity contribution < 1.29 is 15.0 Å². The number of hydrogen-bond donors (Lipinski definition) is 3. The lowest BCUT2D eigenvalue weighted by Gasteiger charge is -2.04. The number of para-hydroxylation sites is 1. The van der Waals surface area contributed by atoms with Crippen LogP contribution in [-0.2, 0) is 0 Å². The summed E-state index contributed by atoms with van der Waals surface area (Å²) in [5.74, 6) is -1.35. The highest BCUT2D eigenvalue weighted by Gasteiger charge is 2.13. The number of carboxylic acid groups (broad SMARTS) is 1. The first kappa shape index (κ1) is 9.33. The number of H-pyrrole nitrogens is 1. The predicted octanol–water partition coefficient (Wildman–Crippen LogP) is 2.09. The Labute approximate surface area is 85.8 Å². The summed E-state index contributed by atoms with van der Waals surface area (Å²) in [6.07, 6.45) is 1.71. The van der Waals surface area contributed by atoms with Crippen LogP contribution in [-0.4, -0.2) is 21.2 Å². The van der Waals surface area contributed by atoms with Gasteiger partial charge in [-0.2, -0.15) is 0 Å². The second-order valence-electron chi connectivity index (χ2n) is 3.09. The molecule has 0 unspecified atom stereocenters. The van der Waals surface area contributed by atoms with Gasteiger partial charge in [0.1, 0.15) is 11.3 Å². The van der Waals surface area contributed by atoms with E-state index < -0.39 is 5.97 Å². The van der Waals surface area contributed by atoms with Gasteiger partial charge in [-0.1, -0.05) is 6.07 Å². The molecule has 0 aliphatic heterocycles. The Bertz CT molecular complexity index is 489. The maximum Gasteiger partial charge on any atom is 0.339 e. The van der Waals surface area contributed by atoms with E-state index in [1.54, 1.807) is 30.5 Å². The summed E-state index contributed by atoms with van der Waals surface area (Å²) in [5.41, 5.74) is 1.08. The molecule has 0 radical (unpaired) electrons. The van der Waals surface area contributed by atoms with Crippen molar-refractivity contribution in [3.63, 3.8) is 0 Å². The van der Waals surface area contributed by atoms with Crippen LogP contribution in [0.5, 0.6) is 5.75 Å². The standard InChI is InChI=1S/C11H9NO3/c13-10-7(9-5-2-6-12-9)3-1-4-8(10)11(14)15/h1-6,12-13H,(H,14,15). The van der Waals surface area contributed by atoms with Crippen molar-refractivity contribution in [2.75, 3.05) is 0 Å². The number of phenols is 1. The Hall–Kier alpha value is -2.23. The summed E-state index contributed by atoms with van der Waals surface area (Å²) < 4.78 is 0. The molecule has 0 spiro atoms. The number of nitrogens with one attached hydrogen (secondary N) is 1. The monoisotopic (exact) mass is 203 g/mol. The summed E-state index contributed by atoms with van der Waals surface area (Å²) in [6, 6.07) is 8.17. The van der Waals surface area contributed by atoms with E-state index >= 15 is 0 Å². The van der Waals surface area contributed by atoms with Gasteiger partial charge in [0.25, 0.3) is 0 Å². The van der Waals surface area contributed by atoms with Crippen LogP contribution in [0.3, 0.4) is 0 Å². The van der Waals surface area contributed by atoms with Crippen LogP contribution in [0.4, 0.5) is 0 Å². The molecule has 0 saturated heterocycles. The fourth-order valence-corrected chi connectivity index (χ4v) is 1.43. The number of aromatic hydroxyl groups is 1. The van der Waals surface area contributed by atoms with E-state index in [0.29, 0.717) is 11.3 Å². The number of hydrogen-bond acceptors (Lipinski definition) is 2. The molecule has 0 fully saturated rings. The zero-order valence-corrected chi connectivity index (χ0v) is 7.77. The van der Waals surface area contributed by atoms with Crippen LogP contribution in [0.1, 0.15) is 10.4 Å². The first-order valence-corrected chi connectivity index (χ1v) is 4.39. The smallest absolute Gasteiger partial charge is 0.339 e. The first-order valence-electron chi connectivity index (χ1n) is 4.39. The summed E-state index contributed by atoms with van der Waals surface area (Å²) in [6.45, 7) is 0. The lowest BCUT2D eigenvalue weighted by atomic mass is 10.1. The molecule has 4 heteroatoms. The molecule has 2 aromatic rings. The molecule has 15 heavy (non-hydrogen) atoms. The van der Waals surface area contributed by atoms with Gasteiger partial charge in [0.05, 0.1) is 0 Å². The van der Waals surface area contributed by atoms with Gasteiger partial charge in [-0.05, 0) is 24.3 Å². The SMILES string of the molecule is O=C(O)c1cccc(-c2ccc[nH]2)c1O. The molecule has 0 saturated carbocycles. The fourth-order valence-electron chi connectivity index (χ4n) is 1.43. The Morgan fingerprint density at radius 1 is 1.20 bits per heavy atom. The summed E-state index contributed by atoms with van der Waals surface area (Å²) in [7, 11) is 0. The van der Waals surface area contributed by atoms with Crippen molar-refractivity contribution in [2.24, 2.45) is 0 Å². The molecule has 1 heterocycles. The molecule has 2 rings (SSSR count). The van der Waals surface area contributed by atoms with E-state index in [9.17, 15) is 9.90 Å². The number of aromatic amines is 1. The van der Waals surface area contributed by atoms with Gasteiger partial charge in [-0.3, -0.25) is 0 Å². The van der Waals surface area contributed by atoms with Crippen LogP contribution < -0.4 is 0 Å². The van der Waals surface area contributed by atoms with Gasteiger partial charge in [-0.15, -0.1) is 0 Å². The fraction of sp³-hybridized carbons (Fsp3) is 0. The number of carboxylic acids is 1. The van der Waals surface area contributed by atoms with E-state index in [1.165, 1.54) is 6.07 Å². The Kier molecular flexibility index (Phi) is 2.17. The molecule has 4 nitrogen and oxygen atoms in total. The Balaban J connectivity index is 2.59. The molecule has 0 atom stereocenters. The number of carbonyl (C=O) groups is 1. The average Bonchev–Trinajstić information content (AvgIpc) is 2.70. The van der Waals surface area contributed by atoms with Crippen LogP contribution >= 0.6 is 0 Å². The second kappa shape index (κ2) is 3.49. The minimum absolute atomic E-state index is 0.0953. The van der Waals surface area contributed by atoms with Gasteiger partial charge in [0.2, 0.25) is 0 Å². The maximum absolute atomic E-state index is 10.8. The quantitative estimate of drug-likeness (QED) is 0.699. The van der Waals surface area contributed by atoms with E-state index in [-0.39, 0.29) is 11.3 Å². The maximum atomic E-state index is 10.8. The summed E-state index contributed by atoms with van der Waals surface area (Å²) in [4.78, 5) is 13.7. The molecule has 0 amide bonds. The summed E-state index contributed by atoms with van der Waals surface area (Å²) in [5, 5.41) is 18.5. The highest BCUT2D eigenvalue weighted by molar-refractivity contribution is 5.93. The average molecular weight is 203 g/mol. The van der Waals surface area contributed by atoms with Gasteiger partial charge in [0.15, 0.2) is 0 Å². The molecule has 0 bridgehead atoms. The molecule has 0 aliphatic rings. The second-order valence-corrected chi connectivity index (χ2v) is 3.09. The third-order valence-corrected chi connectivity index (χ3v) is 2.15. The van der Waals surface area contributed by atoms with Crippen molar-refractivity contribution in [1.29, 1.82) is 0 Å². The third kappa shape index (κ3) is 1.57. The number of aromatic carboxylic acids is 1. The van der Waals surface area contributed by atoms with Crippen LogP contribution in [0, 0.1) is 0 Å². The minimum atomic E-state index is -1.14. The Morgan fingerprint density at radius 2 is 2.00 bits per heavy atom. The molecule has 1 aromatic heterocycles. The highest BCUT2D eigenvalue weighted by Crippen LogP contribution is 2.30. The highest BCUT2D eigenvalue weighted by atomic mass is 16.4. The predicted molar refractivity (Wildman–Crippen MR) is 54.9 cm³/mol. The lowest BCUT2D eigenvalue weighted by molar-refractivity contribution is 0.0694. The van der Waals surface area contributed by atoms with Crippen LogP contribution in [0.2, 0.25) is 0 Å². The largest absolute Gasteiger partial charge is 0.506 e.